The van der Waals surface area contributed by atoms with Crippen molar-refractivity contribution in [1.82, 2.24) is 9.29 Å². The van der Waals surface area contributed by atoms with Crippen LogP contribution >= 0.6 is 0 Å². The van der Waals surface area contributed by atoms with E-state index in [0.717, 1.165) is 31.2 Å². The molecule has 1 amide bonds. The number of carbonyl (C=O) groups is 1. The predicted octanol–water partition coefficient (Wildman–Crippen LogP) is 5.01. The Bertz CT molecular complexity index is 1290. The van der Waals surface area contributed by atoms with E-state index in [1.54, 1.807) is 42.7 Å². The maximum atomic E-state index is 13.4. The number of rotatable bonds is 7. The van der Waals surface area contributed by atoms with Crippen LogP contribution in [0, 0.1) is 6.92 Å². The maximum absolute atomic E-state index is 13.4. The summed E-state index contributed by atoms with van der Waals surface area (Å²) in [6, 6.07) is 13.4. The lowest BCUT2D eigenvalue weighted by Gasteiger charge is -2.21. The van der Waals surface area contributed by atoms with E-state index in [-0.39, 0.29) is 16.2 Å². The van der Waals surface area contributed by atoms with Crippen molar-refractivity contribution in [2.75, 3.05) is 25.5 Å². The number of ether oxygens (including phenoxy) is 2. The molecule has 3 aromatic rings. The fraction of sp³-hybridized carbons (Fsp3) is 0.308. The molecule has 1 N–H and O–H groups in total. The Morgan fingerprint density at radius 3 is 2.40 bits per heavy atom. The number of carbonyl (C=O) groups excluding carboxylic acids is 1. The predicted molar refractivity (Wildman–Crippen MR) is 134 cm³/mol. The molecule has 0 unspecified atom stereocenters. The molecule has 0 aliphatic carbocycles. The Balaban J connectivity index is 1.54. The fourth-order valence-electron chi connectivity index (χ4n) is 4.02. The van der Waals surface area contributed by atoms with E-state index in [0.29, 0.717) is 30.3 Å². The van der Waals surface area contributed by atoms with Crippen molar-refractivity contribution >= 4 is 21.6 Å². The van der Waals surface area contributed by atoms with Crippen LogP contribution in [-0.4, -0.2) is 43.8 Å². The lowest BCUT2D eigenvalue weighted by molar-refractivity contribution is 0.102. The third-order valence-corrected chi connectivity index (χ3v) is 7.82. The van der Waals surface area contributed by atoms with Gasteiger partial charge in [0.25, 0.3) is 5.91 Å². The minimum Gasteiger partial charge on any atom is -0.495 e. The molecule has 1 fully saturated rings. The molecule has 2 aromatic carbocycles. The summed E-state index contributed by atoms with van der Waals surface area (Å²) < 4.78 is 39.4. The van der Waals surface area contributed by atoms with Crippen LogP contribution in [0.2, 0.25) is 0 Å². The number of methoxy groups -OCH3 is 1. The Labute approximate surface area is 206 Å². The molecule has 0 bridgehead atoms. The van der Waals surface area contributed by atoms with Crippen molar-refractivity contribution in [2.24, 2.45) is 0 Å². The van der Waals surface area contributed by atoms with E-state index in [9.17, 15) is 13.2 Å². The van der Waals surface area contributed by atoms with Crippen LogP contribution in [0.5, 0.6) is 17.2 Å². The van der Waals surface area contributed by atoms with Crippen molar-refractivity contribution in [3.8, 4) is 17.2 Å². The second-order valence-corrected chi connectivity index (χ2v) is 10.3. The van der Waals surface area contributed by atoms with Crippen LogP contribution < -0.4 is 14.8 Å². The van der Waals surface area contributed by atoms with Gasteiger partial charge in [0, 0.05) is 30.5 Å². The quantitative estimate of drug-likeness (QED) is 0.495. The third-order valence-electron chi connectivity index (χ3n) is 5.90. The topological polar surface area (TPSA) is 97.8 Å². The van der Waals surface area contributed by atoms with Gasteiger partial charge in [0.05, 0.1) is 13.3 Å². The molecule has 2 heterocycles. The maximum Gasteiger partial charge on any atom is 0.255 e. The summed E-state index contributed by atoms with van der Waals surface area (Å²) in [5.74, 6) is 1.06. The molecule has 0 atom stereocenters. The number of hydrogen-bond donors (Lipinski definition) is 1. The first-order valence-electron chi connectivity index (χ1n) is 11.6. The Morgan fingerprint density at radius 2 is 1.74 bits per heavy atom. The highest BCUT2D eigenvalue weighted by molar-refractivity contribution is 7.89. The van der Waals surface area contributed by atoms with Gasteiger partial charge in [-0.25, -0.2) is 8.42 Å². The summed E-state index contributed by atoms with van der Waals surface area (Å²) in [4.78, 5) is 17.1. The number of pyridine rings is 1. The van der Waals surface area contributed by atoms with E-state index in [4.69, 9.17) is 9.47 Å². The van der Waals surface area contributed by atoms with E-state index in [1.807, 2.05) is 13.0 Å². The minimum absolute atomic E-state index is 0.00551. The number of nitrogens with one attached hydrogen (secondary N) is 1. The van der Waals surface area contributed by atoms with Crippen LogP contribution in [-0.2, 0) is 10.0 Å². The largest absolute Gasteiger partial charge is 0.495 e. The van der Waals surface area contributed by atoms with Gasteiger partial charge in [0.15, 0.2) is 0 Å². The molecule has 184 valence electrons. The number of sulfonamides is 1. The summed E-state index contributed by atoms with van der Waals surface area (Å²) >= 11 is 0. The van der Waals surface area contributed by atoms with Gasteiger partial charge in [0.2, 0.25) is 10.0 Å². The highest BCUT2D eigenvalue weighted by Gasteiger charge is 2.29. The molecule has 1 aromatic heterocycles. The molecule has 35 heavy (non-hydrogen) atoms. The van der Waals surface area contributed by atoms with Crippen LogP contribution in [0.15, 0.2) is 65.8 Å². The minimum atomic E-state index is -3.79. The summed E-state index contributed by atoms with van der Waals surface area (Å²) in [5.41, 5.74) is 1.62. The lowest BCUT2D eigenvalue weighted by Crippen LogP contribution is -2.32. The van der Waals surface area contributed by atoms with Crippen molar-refractivity contribution < 1.29 is 22.7 Å². The number of benzene rings is 2. The SMILES string of the molecule is COc1ccc(C(=O)Nc2ccc(Oc3cccnc3)c(C)c2)cc1S(=O)(=O)N1CCCCCC1. The number of aryl methyl sites for hydroxylation is 1. The average molecular weight is 496 g/mol. The zero-order valence-corrected chi connectivity index (χ0v) is 20.7. The molecule has 0 radical (unpaired) electrons. The third kappa shape index (κ3) is 5.80. The smallest absolute Gasteiger partial charge is 0.255 e. The van der Waals surface area contributed by atoms with E-state index in [1.165, 1.54) is 23.5 Å². The van der Waals surface area contributed by atoms with Gasteiger partial charge in [-0.1, -0.05) is 12.8 Å². The lowest BCUT2D eigenvalue weighted by atomic mass is 10.1. The number of hydrogen-bond acceptors (Lipinski definition) is 6. The van der Waals surface area contributed by atoms with Crippen LogP contribution in [0.4, 0.5) is 5.69 Å². The van der Waals surface area contributed by atoms with Crippen molar-refractivity contribution in [3.63, 3.8) is 0 Å². The van der Waals surface area contributed by atoms with E-state index >= 15 is 0 Å². The molecule has 0 spiro atoms. The Hall–Kier alpha value is -3.43. The van der Waals surface area contributed by atoms with Gasteiger partial charge in [-0.3, -0.25) is 9.78 Å². The number of anilines is 1. The Kier molecular flexibility index (Phi) is 7.67. The van der Waals surface area contributed by atoms with Gasteiger partial charge in [-0.2, -0.15) is 4.31 Å². The molecule has 9 heteroatoms. The van der Waals surface area contributed by atoms with Crippen molar-refractivity contribution in [2.45, 2.75) is 37.5 Å². The summed E-state index contributed by atoms with van der Waals surface area (Å²) in [7, 11) is -2.37. The van der Waals surface area contributed by atoms with E-state index < -0.39 is 15.9 Å². The van der Waals surface area contributed by atoms with Crippen LogP contribution in [0.1, 0.15) is 41.6 Å². The summed E-state index contributed by atoms with van der Waals surface area (Å²) in [6.07, 6.45) is 6.95. The molecular formula is C26H29N3O5S. The fourth-order valence-corrected chi connectivity index (χ4v) is 5.72. The van der Waals surface area contributed by atoms with Crippen LogP contribution in [0.25, 0.3) is 0 Å². The van der Waals surface area contributed by atoms with Gasteiger partial charge < -0.3 is 14.8 Å². The highest BCUT2D eigenvalue weighted by atomic mass is 32.2. The molecule has 8 nitrogen and oxygen atoms in total. The molecule has 1 aliphatic heterocycles. The second-order valence-electron chi connectivity index (χ2n) is 8.41. The molecule has 1 saturated heterocycles. The normalized spacial score (nSPS) is 14.7. The van der Waals surface area contributed by atoms with Gasteiger partial charge >= 0.3 is 0 Å². The first-order valence-corrected chi connectivity index (χ1v) is 13.0. The number of amides is 1. The average Bonchev–Trinajstić information content (AvgIpc) is 3.16. The number of aromatic nitrogens is 1. The zero-order valence-electron chi connectivity index (χ0n) is 19.9. The second kappa shape index (κ2) is 10.9. The summed E-state index contributed by atoms with van der Waals surface area (Å²) in [6.45, 7) is 2.81. The highest BCUT2D eigenvalue weighted by Crippen LogP contribution is 2.30. The number of nitrogens with zero attached hydrogens (tertiary/aromatic N) is 2. The summed E-state index contributed by atoms with van der Waals surface area (Å²) in [5, 5.41) is 2.84. The van der Waals surface area contributed by atoms with Crippen molar-refractivity contribution in [1.29, 1.82) is 0 Å². The van der Waals surface area contributed by atoms with Gasteiger partial charge in [-0.15, -0.1) is 0 Å². The van der Waals surface area contributed by atoms with Gasteiger partial charge in [-0.05, 0) is 73.9 Å². The Morgan fingerprint density at radius 1 is 1.00 bits per heavy atom. The first-order chi connectivity index (χ1) is 16.9. The van der Waals surface area contributed by atoms with Crippen LogP contribution in [0.3, 0.4) is 0 Å². The molecule has 0 saturated carbocycles. The molecular weight excluding hydrogens is 466 g/mol. The zero-order chi connectivity index (χ0) is 24.8. The van der Waals surface area contributed by atoms with Gasteiger partial charge in [0.1, 0.15) is 22.1 Å². The standard InChI is InChI=1S/C26H29N3O5S/c1-19-16-21(10-12-23(19)34-22-8-7-13-27-18-22)28-26(30)20-9-11-24(33-2)25(17-20)35(31,32)29-14-5-3-4-6-15-29/h7-13,16-18H,3-6,14-15H2,1-2H3,(H,28,30). The monoisotopic (exact) mass is 495 g/mol. The molecule has 1 aliphatic rings. The van der Waals surface area contributed by atoms with E-state index in [2.05, 4.69) is 10.3 Å². The van der Waals surface area contributed by atoms with Crippen molar-refractivity contribution in [3.05, 3.63) is 72.1 Å². The first kappa shape index (κ1) is 24.7. The molecule has 4 rings (SSSR count).